The molecule has 1 aromatic carbocycles. The minimum absolute atomic E-state index is 0.205. The van der Waals surface area contributed by atoms with E-state index in [0.29, 0.717) is 5.69 Å². The van der Waals surface area contributed by atoms with E-state index in [1.165, 1.54) is 7.11 Å². The number of carbonyl (C=O) groups is 1. The fraction of sp³-hybridized carbons (Fsp3) is 0.167. The van der Waals surface area contributed by atoms with E-state index in [9.17, 15) is 4.79 Å². The van der Waals surface area contributed by atoms with Gasteiger partial charge in [-0.25, -0.2) is 4.68 Å². The van der Waals surface area contributed by atoms with E-state index in [4.69, 9.17) is 0 Å². The molecule has 0 unspecified atom stereocenters. The van der Waals surface area contributed by atoms with Crippen molar-refractivity contribution in [2.45, 2.75) is 6.42 Å². The summed E-state index contributed by atoms with van der Waals surface area (Å²) in [4.78, 5) is 11.1. The second kappa shape index (κ2) is 4.61. The van der Waals surface area contributed by atoms with Gasteiger partial charge in [-0.05, 0) is 18.2 Å². The van der Waals surface area contributed by atoms with Gasteiger partial charge in [-0.1, -0.05) is 18.2 Å². The van der Waals surface area contributed by atoms with E-state index >= 15 is 0 Å². The first-order valence-electron chi connectivity index (χ1n) is 4.96. The van der Waals surface area contributed by atoms with Gasteiger partial charge in [-0.3, -0.25) is 4.79 Å². The van der Waals surface area contributed by atoms with Crippen molar-refractivity contribution in [2.75, 3.05) is 7.11 Å². The second-order valence-electron chi connectivity index (χ2n) is 3.34. The molecular weight excluding hydrogens is 204 g/mol. The van der Waals surface area contributed by atoms with Gasteiger partial charge in [-0.2, -0.15) is 5.10 Å². The van der Waals surface area contributed by atoms with Crippen molar-refractivity contribution in [3.63, 3.8) is 0 Å². The molecule has 0 saturated heterocycles. The number of rotatable bonds is 3. The van der Waals surface area contributed by atoms with Crippen LogP contribution in [0, 0.1) is 0 Å². The van der Waals surface area contributed by atoms with Crippen LogP contribution >= 0.6 is 0 Å². The highest BCUT2D eigenvalue weighted by Crippen LogP contribution is 2.07. The first-order chi connectivity index (χ1) is 7.79. The van der Waals surface area contributed by atoms with Crippen LogP contribution in [0.25, 0.3) is 5.69 Å². The number of benzene rings is 1. The number of aromatic nitrogens is 2. The van der Waals surface area contributed by atoms with Gasteiger partial charge in [0, 0.05) is 6.20 Å². The molecule has 4 heteroatoms. The van der Waals surface area contributed by atoms with Crippen LogP contribution in [-0.2, 0) is 16.0 Å². The number of ether oxygens (including phenoxy) is 1. The van der Waals surface area contributed by atoms with E-state index in [1.54, 1.807) is 4.68 Å². The van der Waals surface area contributed by atoms with Gasteiger partial charge < -0.3 is 4.74 Å². The first-order valence-corrected chi connectivity index (χ1v) is 4.96. The minimum atomic E-state index is -0.279. The van der Waals surface area contributed by atoms with Crippen LogP contribution in [0.15, 0.2) is 42.6 Å². The third-order valence-electron chi connectivity index (χ3n) is 2.22. The summed E-state index contributed by atoms with van der Waals surface area (Å²) in [5.74, 6) is -0.279. The van der Waals surface area contributed by atoms with Gasteiger partial charge in [0.25, 0.3) is 0 Å². The Balaban J connectivity index is 2.17. The average molecular weight is 216 g/mol. The topological polar surface area (TPSA) is 44.1 Å². The molecule has 0 radical (unpaired) electrons. The third-order valence-corrected chi connectivity index (χ3v) is 2.22. The first kappa shape index (κ1) is 10.4. The molecule has 2 aromatic rings. The maximum absolute atomic E-state index is 11.1. The van der Waals surface area contributed by atoms with Crippen LogP contribution < -0.4 is 0 Å². The summed E-state index contributed by atoms with van der Waals surface area (Å²) >= 11 is 0. The fourth-order valence-corrected chi connectivity index (χ4v) is 1.40. The van der Waals surface area contributed by atoms with Crippen molar-refractivity contribution < 1.29 is 9.53 Å². The summed E-state index contributed by atoms with van der Waals surface area (Å²) in [6.45, 7) is 0. The number of esters is 1. The quantitative estimate of drug-likeness (QED) is 0.732. The third kappa shape index (κ3) is 2.28. The Bertz CT molecular complexity index is 477. The van der Waals surface area contributed by atoms with Crippen LogP contribution in [0.2, 0.25) is 0 Å². The number of hydrogen-bond donors (Lipinski definition) is 0. The Hall–Kier alpha value is -2.10. The summed E-state index contributed by atoms with van der Waals surface area (Å²) in [5, 5.41) is 4.28. The second-order valence-corrected chi connectivity index (χ2v) is 3.34. The molecule has 1 aromatic heterocycles. The fourth-order valence-electron chi connectivity index (χ4n) is 1.40. The predicted molar refractivity (Wildman–Crippen MR) is 59.3 cm³/mol. The molecule has 1 heterocycles. The molecule has 0 atom stereocenters. The monoisotopic (exact) mass is 216 g/mol. The average Bonchev–Trinajstić information content (AvgIpc) is 2.78. The van der Waals surface area contributed by atoms with Crippen molar-refractivity contribution in [1.82, 2.24) is 9.78 Å². The Morgan fingerprint density at radius 2 is 2.06 bits per heavy atom. The summed E-state index contributed by atoms with van der Waals surface area (Å²) in [6, 6.07) is 11.5. The zero-order valence-electron chi connectivity index (χ0n) is 8.96. The predicted octanol–water partition coefficient (Wildman–Crippen LogP) is 1.59. The maximum Gasteiger partial charge on any atom is 0.311 e. The van der Waals surface area contributed by atoms with Crippen molar-refractivity contribution in [3.8, 4) is 5.69 Å². The smallest absolute Gasteiger partial charge is 0.311 e. The van der Waals surface area contributed by atoms with Crippen LogP contribution in [-0.4, -0.2) is 22.9 Å². The molecule has 82 valence electrons. The molecule has 0 saturated carbocycles. The molecule has 0 spiro atoms. The highest BCUT2D eigenvalue weighted by Gasteiger charge is 2.06. The lowest BCUT2D eigenvalue weighted by Gasteiger charge is -1.99. The van der Waals surface area contributed by atoms with Crippen LogP contribution in [0.4, 0.5) is 0 Å². The lowest BCUT2D eigenvalue weighted by Crippen LogP contribution is -2.05. The van der Waals surface area contributed by atoms with E-state index in [-0.39, 0.29) is 12.4 Å². The highest BCUT2D eigenvalue weighted by atomic mass is 16.5. The minimum Gasteiger partial charge on any atom is -0.469 e. The van der Waals surface area contributed by atoms with Crippen LogP contribution in [0.1, 0.15) is 5.69 Å². The van der Waals surface area contributed by atoms with Gasteiger partial charge in [0.1, 0.15) is 0 Å². The lowest BCUT2D eigenvalue weighted by atomic mass is 10.3. The molecule has 0 aliphatic carbocycles. The molecule has 16 heavy (non-hydrogen) atoms. The van der Waals surface area contributed by atoms with Crippen molar-refractivity contribution >= 4 is 5.97 Å². The lowest BCUT2D eigenvalue weighted by molar-refractivity contribution is -0.139. The number of hydrogen-bond acceptors (Lipinski definition) is 3. The molecule has 2 rings (SSSR count). The summed E-state index contributed by atoms with van der Waals surface area (Å²) in [5.41, 5.74) is 1.68. The number of carbonyl (C=O) groups excluding carboxylic acids is 1. The Morgan fingerprint density at radius 3 is 2.75 bits per heavy atom. The number of nitrogens with zero attached hydrogens (tertiary/aromatic N) is 2. The van der Waals surface area contributed by atoms with E-state index < -0.39 is 0 Å². The Kier molecular flexibility index (Phi) is 3.00. The zero-order valence-corrected chi connectivity index (χ0v) is 8.96. The molecule has 0 amide bonds. The van der Waals surface area contributed by atoms with Gasteiger partial charge in [0.2, 0.25) is 0 Å². The number of methoxy groups -OCH3 is 1. The Morgan fingerprint density at radius 1 is 1.31 bits per heavy atom. The van der Waals surface area contributed by atoms with Crippen molar-refractivity contribution in [2.24, 2.45) is 0 Å². The summed E-state index contributed by atoms with van der Waals surface area (Å²) in [7, 11) is 1.37. The summed E-state index contributed by atoms with van der Waals surface area (Å²) in [6.07, 6.45) is 2.03. The zero-order chi connectivity index (χ0) is 11.4. The van der Waals surface area contributed by atoms with Gasteiger partial charge in [-0.15, -0.1) is 0 Å². The van der Waals surface area contributed by atoms with E-state index in [1.807, 2.05) is 42.6 Å². The van der Waals surface area contributed by atoms with Crippen LogP contribution in [0.5, 0.6) is 0 Å². The van der Waals surface area contributed by atoms with Gasteiger partial charge in [0.15, 0.2) is 0 Å². The van der Waals surface area contributed by atoms with Gasteiger partial charge >= 0.3 is 5.97 Å². The van der Waals surface area contributed by atoms with Gasteiger partial charge in [0.05, 0.1) is 24.9 Å². The normalized spacial score (nSPS) is 10.1. The highest BCUT2D eigenvalue weighted by molar-refractivity contribution is 5.71. The summed E-state index contributed by atoms with van der Waals surface area (Å²) < 4.78 is 6.32. The Labute approximate surface area is 93.5 Å². The standard InChI is InChI=1S/C12H12N2O2/c1-16-12(15)9-10-7-8-14(13-10)11-5-3-2-4-6-11/h2-8H,9H2,1H3. The molecule has 4 nitrogen and oxygen atoms in total. The number of para-hydroxylation sites is 1. The molecule has 0 N–H and O–H groups in total. The molecule has 0 aliphatic heterocycles. The maximum atomic E-state index is 11.1. The van der Waals surface area contributed by atoms with E-state index in [2.05, 4.69) is 9.84 Å². The van der Waals surface area contributed by atoms with Crippen molar-refractivity contribution in [1.29, 1.82) is 0 Å². The van der Waals surface area contributed by atoms with Crippen molar-refractivity contribution in [3.05, 3.63) is 48.3 Å². The molecule has 0 aliphatic rings. The van der Waals surface area contributed by atoms with Crippen LogP contribution in [0.3, 0.4) is 0 Å². The van der Waals surface area contributed by atoms with E-state index in [0.717, 1.165) is 5.69 Å². The molecule has 0 bridgehead atoms. The molecular formula is C12H12N2O2. The SMILES string of the molecule is COC(=O)Cc1ccn(-c2ccccc2)n1. The molecule has 0 fully saturated rings. The largest absolute Gasteiger partial charge is 0.469 e.